The van der Waals surface area contributed by atoms with Gasteiger partial charge in [-0.2, -0.15) is 0 Å². The van der Waals surface area contributed by atoms with Gasteiger partial charge in [0.15, 0.2) is 11.0 Å². The van der Waals surface area contributed by atoms with Crippen LogP contribution in [-0.4, -0.2) is 39.4 Å². The first-order valence-electron chi connectivity index (χ1n) is 10.4. The molecule has 8 nitrogen and oxygen atoms in total. The number of amides is 2. The van der Waals surface area contributed by atoms with Gasteiger partial charge in [0.25, 0.3) is 5.91 Å². The van der Waals surface area contributed by atoms with E-state index >= 15 is 0 Å². The van der Waals surface area contributed by atoms with Crippen molar-refractivity contribution in [3.8, 4) is 5.75 Å². The van der Waals surface area contributed by atoms with Crippen LogP contribution < -0.4 is 15.4 Å². The third kappa shape index (κ3) is 6.23. The van der Waals surface area contributed by atoms with Crippen LogP contribution in [0.1, 0.15) is 34.7 Å². The second-order valence-corrected chi connectivity index (χ2v) is 8.28. The number of carbonyl (C=O) groups is 2. The van der Waals surface area contributed by atoms with Crippen molar-refractivity contribution in [1.82, 2.24) is 20.1 Å². The highest BCUT2D eigenvalue weighted by molar-refractivity contribution is 7.99. The Hall–Kier alpha value is -3.59. The molecule has 1 aromatic heterocycles. The third-order valence-electron chi connectivity index (χ3n) is 4.79. The standard InChI is InChI=1S/C24H27N5O3S/c1-5-13-29-22(17(3)25-23(31)18-10-8-9-16(2)14-18)27-28-24(29)33-15-21(30)26-19-11-6-7-12-20(19)32-4/h5-12,14,17H,1,13,15H2,2-4H3,(H,25,31)(H,26,30)/t17-/m0/s1. The monoisotopic (exact) mass is 465 g/mol. The Balaban J connectivity index is 1.67. The van der Waals surface area contributed by atoms with Gasteiger partial charge in [0.1, 0.15) is 5.75 Å². The van der Waals surface area contributed by atoms with Crippen LogP contribution in [0.5, 0.6) is 5.75 Å². The van der Waals surface area contributed by atoms with Crippen molar-refractivity contribution >= 4 is 29.3 Å². The summed E-state index contributed by atoms with van der Waals surface area (Å²) in [5.41, 5.74) is 2.20. The molecule has 1 atom stereocenters. The van der Waals surface area contributed by atoms with Crippen molar-refractivity contribution in [2.24, 2.45) is 0 Å². The lowest BCUT2D eigenvalue weighted by atomic mass is 10.1. The second-order valence-electron chi connectivity index (χ2n) is 7.34. The van der Waals surface area contributed by atoms with Crippen molar-refractivity contribution in [3.05, 3.63) is 78.1 Å². The number of rotatable bonds is 10. The van der Waals surface area contributed by atoms with Gasteiger partial charge in [0.05, 0.1) is 24.6 Å². The van der Waals surface area contributed by atoms with Gasteiger partial charge in [-0.15, -0.1) is 16.8 Å². The molecule has 1 heterocycles. The zero-order valence-corrected chi connectivity index (χ0v) is 19.7. The predicted octanol–water partition coefficient (Wildman–Crippen LogP) is 4.00. The molecule has 0 fully saturated rings. The molecule has 3 aromatic rings. The Bertz CT molecular complexity index is 1140. The molecule has 9 heteroatoms. The highest BCUT2D eigenvalue weighted by Crippen LogP contribution is 2.25. The van der Waals surface area contributed by atoms with Crippen molar-refractivity contribution < 1.29 is 14.3 Å². The molecule has 2 aromatic carbocycles. The minimum atomic E-state index is -0.387. The number of allylic oxidation sites excluding steroid dienone is 1. The number of ether oxygens (including phenoxy) is 1. The summed E-state index contributed by atoms with van der Waals surface area (Å²) in [5.74, 6) is 0.927. The van der Waals surface area contributed by atoms with Crippen molar-refractivity contribution in [3.63, 3.8) is 0 Å². The Kier molecular flexibility index (Phi) is 8.26. The van der Waals surface area contributed by atoms with Crippen LogP contribution in [-0.2, 0) is 11.3 Å². The Morgan fingerprint density at radius 2 is 2.00 bits per heavy atom. The molecule has 0 unspecified atom stereocenters. The minimum absolute atomic E-state index is 0.136. The Morgan fingerprint density at radius 1 is 1.21 bits per heavy atom. The number of hydrogen-bond acceptors (Lipinski definition) is 6. The van der Waals surface area contributed by atoms with Gasteiger partial charge < -0.3 is 19.9 Å². The van der Waals surface area contributed by atoms with Gasteiger partial charge in [-0.1, -0.05) is 47.7 Å². The maximum absolute atomic E-state index is 12.6. The first-order valence-corrected chi connectivity index (χ1v) is 11.4. The molecule has 0 saturated heterocycles. The first kappa shape index (κ1) is 24.1. The number of thioether (sulfide) groups is 1. The van der Waals surface area contributed by atoms with Gasteiger partial charge in [-0.3, -0.25) is 9.59 Å². The summed E-state index contributed by atoms with van der Waals surface area (Å²) in [6.07, 6.45) is 1.72. The number of anilines is 1. The zero-order valence-electron chi connectivity index (χ0n) is 18.9. The highest BCUT2D eigenvalue weighted by atomic mass is 32.2. The number of methoxy groups -OCH3 is 1. The minimum Gasteiger partial charge on any atom is -0.495 e. The van der Waals surface area contributed by atoms with Crippen LogP contribution in [0.4, 0.5) is 5.69 Å². The van der Waals surface area contributed by atoms with Crippen LogP contribution >= 0.6 is 11.8 Å². The molecule has 3 rings (SSSR count). The maximum Gasteiger partial charge on any atom is 0.251 e. The lowest BCUT2D eigenvalue weighted by Gasteiger charge is -2.15. The van der Waals surface area contributed by atoms with E-state index in [1.54, 1.807) is 31.4 Å². The van der Waals surface area contributed by atoms with E-state index in [4.69, 9.17) is 4.74 Å². The lowest BCUT2D eigenvalue weighted by Crippen LogP contribution is -2.29. The van der Waals surface area contributed by atoms with E-state index in [0.717, 1.165) is 5.56 Å². The van der Waals surface area contributed by atoms with Crippen LogP contribution in [0.25, 0.3) is 0 Å². The molecule has 0 aliphatic rings. The summed E-state index contributed by atoms with van der Waals surface area (Å²) in [6.45, 7) is 8.03. The first-order chi connectivity index (χ1) is 15.9. The molecule has 2 N–H and O–H groups in total. The molecule has 0 saturated carbocycles. The number of aromatic nitrogens is 3. The lowest BCUT2D eigenvalue weighted by molar-refractivity contribution is -0.113. The zero-order chi connectivity index (χ0) is 23.8. The predicted molar refractivity (Wildman–Crippen MR) is 130 cm³/mol. The average molecular weight is 466 g/mol. The molecule has 2 amide bonds. The van der Waals surface area contributed by atoms with Gasteiger partial charge in [0.2, 0.25) is 5.91 Å². The molecule has 33 heavy (non-hydrogen) atoms. The second kappa shape index (κ2) is 11.3. The number of benzene rings is 2. The number of hydrogen-bond donors (Lipinski definition) is 2. The summed E-state index contributed by atoms with van der Waals surface area (Å²) in [5, 5.41) is 14.9. The summed E-state index contributed by atoms with van der Waals surface area (Å²) < 4.78 is 7.11. The SMILES string of the molecule is C=CCn1c(SCC(=O)Nc2ccccc2OC)nnc1[C@H](C)NC(=O)c1cccc(C)c1. The molecule has 0 aliphatic heterocycles. The van der Waals surface area contributed by atoms with E-state index in [-0.39, 0.29) is 23.6 Å². The van der Waals surface area contributed by atoms with Crippen molar-refractivity contribution in [2.75, 3.05) is 18.2 Å². The van der Waals surface area contributed by atoms with E-state index in [9.17, 15) is 9.59 Å². The summed E-state index contributed by atoms with van der Waals surface area (Å²) in [7, 11) is 1.55. The molecular formula is C24H27N5O3S. The Morgan fingerprint density at radius 3 is 2.73 bits per heavy atom. The van der Waals surface area contributed by atoms with Crippen LogP contribution in [0, 0.1) is 6.92 Å². The van der Waals surface area contributed by atoms with Crippen LogP contribution in [0.2, 0.25) is 0 Å². The van der Waals surface area contributed by atoms with Crippen LogP contribution in [0.3, 0.4) is 0 Å². The number of nitrogens with one attached hydrogen (secondary N) is 2. The van der Waals surface area contributed by atoms with E-state index in [1.165, 1.54) is 11.8 Å². The average Bonchev–Trinajstić information content (AvgIpc) is 3.21. The highest BCUT2D eigenvalue weighted by Gasteiger charge is 2.20. The van der Waals surface area contributed by atoms with Gasteiger partial charge in [0, 0.05) is 12.1 Å². The molecule has 0 bridgehead atoms. The van der Waals surface area contributed by atoms with Crippen molar-refractivity contribution in [1.29, 1.82) is 0 Å². The number of nitrogens with zero attached hydrogens (tertiary/aromatic N) is 3. The van der Waals surface area contributed by atoms with Gasteiger partial charge in [-0.05, 0) is 38.1 Å². The largest absolute Gasteiger partial charge is 0.495 e. The molecule has 172 valence electrons. The van der Waals surface area contributed by atoms with E-state index in [2.05, 4.69) is 27.4 Å². The van der Waals surface area contributed by atoms with Gasteiger partial charge >= 0.3 is 0 Å². The molecular weight excluding hydrogens is 438 g/mol. The molecule has 0 spiro atoms. The smallest absolute Gasteiger partial charge is 0.251 e. The molecule has 0 aliphatic carbocycles. The van der Waals surface area contributed by atoms with Gasteiger partial charge in [-0.25, -0.2) is 0 Å². The topological polar surface area (TPSA) is 98.1 Å². The fourth-order valence-corrected chi connectivity index (χ4v) is 3.98. The molecule has 0 radical (unpaired) electrons. The number of para-hydroxylation sites is 2. The normalized spacial score (nSPS) is 11.5. The number of aryl methyl sites for hydroxylation is 1. The summed E-state index contributed by atoms with van der Waals surface area (Å²) >= 11 is 1.26. The summed E-state index contributed by atoms with van der Waals surface area (Å²) in [6, 6.07) is 14.2. The van der Waals surface area contributed by atoms with Crippen LogP contribution in [0.15, 0.2) is 66.3 Å². The van der Waals surface area contributed by atoms with Crippen molar-refractivity contribution in [2.45, 2.75) is 31.6 Å². The maximum atomic E-state index is 12.6. The number of carbonyl (C=O) groups excluding carboxylic acids is 2. The Labute approximate surface area is 197 Å². The summed E-state index contributed by atoms with van der Waals surface area (Å²) in [4.78, 5) is 25.1. The van der Waals surface area contributed by atoms with E-state index in [1.807, 2.05) is 48.7 Å². The van der Waals surface area contributed by atoms with E-state index in [0.29, 0.717) is 34.5 Å². The quantitative estimate of drug-likeness (QED) is 0.347. The van der Waals surface area contributed by atoms with E-state index < -0.39 is 0 Å². The fourth-order valence-electron chi connectivity index (χ4n) is 3.22. The fraction of sp³-hybridized carbons (Fsp3) is 0.250. The third-order valence-corrected chi connectivity index (χ3v) is 5.75.